The van der Waals surface area contributed by atoms with Crippen LogP contribution in [0.5, 0.6) is 5.75 Å². The number of methoxy groups -OCH3 is 1. The van der Waals surface area contributed by atoms with Crippen LogP contribution >= 0.6 is 22.6 Å². The number of amides is 2. The molecule has 0 aliphatic carbocycles. The topological polar surface area (TPSA) is 67.4 Å². The number of nitrogens with one attached hydrogen (secondary N) is 2. The van der Waals surface area contributed by atoms with Crippen molar-refractivity contribution in [2.24, 2.45) is 0 Å². The highest BCUT2D eigenvalue weighted by Gasteiger charge is 2.15. The van der Waals surface area contributed by atoms with Crippen molar-refractivity contribution in [1.29, 1.82) is 0 Å². The zero-order valence-electron chi connectivity index (χ0n) is 14.5. The first-order valence-corrected chi connectivity index (χ1v) is 9.26. The van der Waals surface area contributed by atoms with Crippen LogP contribution in [-0.4, -0.2) is 18.9 Å². The molecule has 0 spiro atoms. The highest BCUT2D eigenvalue weighted by Crippen LogP contribution is 2.23. The van der Waals surface area contributed by atoms with Crippen LogP contribution in [0.25, 0.3) is 0 Å². The van der Waals surface area contributed by atoms with Gasteiger partial charge in [-0.05, 0) is 65.1 Å². The Morgan fingerprint density at radius 3 is 2.26 bits per heavy atom. The Bertz CT molecular complexity index is 974. The van der Waals surface area contributed by atoms with E-state index in [1.807, 2.05) is 18.2 Å². The Morgan fingerprint density at radius 1 is 0.852 bits per heavy atom. The van der Waals surface area contributed by atoms with Crippen molar-refractivity contribution in [2.45, 2.75) is 0 Å². The lowest BCUT2D eigenvalue weighted by atomic mass is 10.1. The second-order valence-corrected chi connectivity index (χ2v) is 6.83. The highest BCUT2D eigenvalue weighted by molar-refractivity contribution is 14.1. The Balaban J connectivity index is 1.80. The summed E-state index contributed by atoms with van der Waals surface area (Å²) >= 11 is 2.11. The minimum atomic E-state index is -0.296. The molecule has 3 aromatic rings. The van der Waals surface area contributed by atoms with Crippen molar-refractivity contribution in [3.05, 3.63) is 87.5 Å². The number of anilines is 2. The van der Waals surface area contributed by atoms with E-state index in [0.717, 1.165) is 3.57 Å². The summed E-state index contributed by atoms with van der Waals surface area (Å²) < 4.78 is 6.04. The number of hydrogen-bond acceptors (Lipinski definition) is 3. The predicted molar refractivity (Wildman–Crippen MR) is 115 cm³/mol. The van der Waals surface area contributed by atoms with E-state index in [9.17, 15) is 9.59 Å². The summed E-state index contributed by atoms with van der Waals surface area (Å²) in [6.45, 7) is 0. The molecule has 0 radical (unpaired) electrons. The summed E-state index contributed by atoms with van der Waals surface area (Å²) in [5, 5.41) is 5.64. The van der Waals surface area contributed by atoms with Crippen LogP contribution in [0.4, 0.5) is 11.4 Å². The van der Waals surface area contributed by atoms with Gasteiger partial charge in [-0.1, -0.05) is 30.3 Å². The van der Waals surface area contributed by atoms with Gasteiger partial charge in [0, 0.05) is 11.3 Å². The minimum Gasteiger partial charge on any atom is -0.496 e. The maximum Gasteiger partial charge on any atom is 0.257 e. The zero-order valence-corrected chi connectivity index (χ0v) is 16.7. The Kier molecular flexibility index (Phi) is 6.08. The molecule has 6 heteroatoms. The first-order chi connectivity index (χ1) is 13.1. The molecule has 5 nitrogen and oxygen atoms in total. The molecule has 2 amide bonds. The second kappa shape index (κ2) is 8.68. The largest absolute Gasteiger partial charge is 0.496 e. The van der Waals surface area contributed by atoms with Crippen LogP contribution in [0.2, 0.25) is 0 Å². The Labute approximate surface area is 170 Å². The lowest BCUT2D eigenvalue weighted by Gasteiger charge is -2.12. The predicted octanol–water partition coefficient (Wildman–Crippen LogP) is 4.80. The molecule has 136 valence electrons. The van der Waals surface area contributed by atoms with Gasteiger partial charge in [-0.2, -0.15) is 0 Å². The molecule has 0 bridgehead atoms. The lowest BCUT2D eigenvalue weighted by molar-refractivity contribution is 0.102. The summed E-state index contributed by atoms with van der Waals surface area (Å²) in [6.07, 6.45) is 0. The molecule has 0 atom stereocenters. The molecule has 0 aliphatic heterocycles. The fraction of sp³-hybridized carbons (Fsp3) is 0.0476. The molecular weight excluding hydrogens is 455 g/mol. The quantitative estimate of drug-likeness (QED) is 0.525. The summed E-state index contributed by atoms with van der Waals surface area (Å²) in [5.41, 5.74) is 2.01. The Hall–Kier alpha value is -2.87. The molecule has 0 saturated heterocycles. The molecule has 3 rings (SSSR count). The standard InChI is InChI=1S/C21H17IN2O3/c1-27-19-12-11-14(13-17(19)22)20(25)24-18-10-6-5-9-16(18)21(26)23-15-7-3-2-4-8-15/h2-13H,1H3,(H,23,26)(H,24,25). The van der Waals surface area contributed by atoms with Gasteiger partial charge in [0.05, 0.1) is 21.9 Å². The van der Waals surface area contributed by atoms with E-state index in [4.69, 9.17) is 4.74 Å². The van der Waals surface area contributed by atoms with Gasteiger partial charge >= 0.3 is 0 Å². The molecule has 0 aliphatic rings. The maximum atomic E-state index is 12.6. The van der Waals surface area contributed by atoms with E-state index in [1.54, 1.807) is 61.7 Å². The zero-order chi connectivity index (χ0) is 19.2. The number of hydrogen-bond donors (Lipinski definition) is 2. The van der Waals surface area contributed by atoms with Gasteiger partial charge in [0.25, 0.3) is 11.8 Å². The van der Waals surface area contributed by atoms with E-state index >= 15 is 0 Å². The van der Waals surface area contributed by atoms with Gasteiger partial charge in [-0.15, -0.1) is 0 Å². The summed E-state index contributed by atoms with van der Waals surface area (Å²) in [7, 11) is 1.58. The number of ether oxygens (including phenoxy) is 1. The van der Waals surface area contributed by atoms with Gasteiger partial charge in [-0.25, -0.2) is 0 Å². The number of para-hydroxylation sites is 2. The Morgan fingerprint density at radius 2 is 1.56 bits per heavy atom. The van der Waals surface area contributed by atoms with E-state index in [1.165, 1.54) is 0 Å². The summed E-state index contributed by atoms with van der Waals surface area (Å²) in [5.74, 6) is 0.117. The smallest absolute Gasteiger partial charge is 0.257 e. The molecule has 0 unspecified atom stereocenters. The average Bonchev–Trinajstić information content (AvgIpc) is 2.69. The normalized spacial score (nSPS) is 10.1. The third-order valence-electron chi connectivity index (χ3n) is 3.87. The van der Waals surface area contributed by atoms with Crippen molar-refractivity contribution in [3.8, 4) is 5.75 Å². The van der Waals surface area contributed by atoms with Gasteiger partial charge in [0.1, 0.15) is 5.75 Å². The molecule has 27 heavy (non-hydrogen) atoms. The third-order valence-corrected chi connectivity index (χ3v) is 4.71. The SMILES string of the molecule is COc1ccc(C(=O)Nc2ccccc2C(=O)Nc2ccccc2)cc1I. The minimum absolute atomic E-state index is 0.290. The summed E-state index contributed by atoms with van der Waals surface area (Å²) in [6, 6.07) is 21.2. The van der Waals surface area contributed by atoms with Crippen molar-refractivity contribution in [2.75, 3.05) is 17.7 Å². The van der Waals surface area contributed by atoms with Crippen LogP contribution in [-0.2, 0) is 0 Å². The molecule has 3 aromatic carbocycles. The van der Waals surface area contributed by atoms with Crippen molar-refractivity contribution >= 4 is 45.8 Å². The van der Waals surface area contributed by atoms with Gasteiger partial charge < -0.3 is 15.4 Å². The number of carbonyl (C=O) groups excluding carboxylic acids is 2. The van der Waals surface area contributed by atoms with Crippen molar-refractivity contribution in [1.82, 2.24) is 0 Å². The van der Waals surface area contributed by atoms with Crippen LogP contribution in [0, 0.1) is 3.57 Å². The van der Waals surface area contributed by atoms with Crippen LogP contribution < -0.4 is 15.4 Å². The molecule has 0 saturated carbocycles. The van der Waals surface area contributed by atoms with Crippen LogP contribution in [0.3, 0.4) is 0 Å². The average molecular weight is 472 g/mol. The fourth-order valence-corrected chi connectivity index (χ4v) is 3.25. The van der Waals surface area contributed by atoms with E-state index < -0.39 is 0 Å². The second-order valence-electron chi connectivity index (χ2n) is 5.67. The highest BCUT2D eigenvalue weighted by atomic mass is 127. The lowest BCUT2D eigenvalue weighted by Crippen LogP contribution is -2.18. The monoisotopic (exact) mass is 472 g/mol. The molecule has 2 N–H and O–H groups in total. The van der Waals surface area contributed by atoms with Gasteiger partial charge in [0.15, 0.2) is 0 Å². The van der Waals surface area contributed by atoms with E-state index in [-0.39, 0.29) is 11.8 Å². The number of rotatable bonds is 5. The molecule has 0 aromatic heterocycles. The number of benzene rings is 3. The third kappa shape index (κ3) is 4.65. The van der Waals surface area contributed by atoms with Crippen molar-refractivity contribution < 1.29 is 14.3 Å². The van der Waals surface area contributed by atoms with Gasteiger partial charge in [-0.3, -0.25) is 9.59 Å². The fourth-order valence-electron chi connectivity index (χ4n) is 2.51. The molecular formula is C21H17IN2O3. The van der Waals surface area contributed by atoms with Crippen LogP contribution in [0.15, 0.2) is 72.8 Å². The van der Waals surface area contributed by atoms with E-state index in [2.05, 4.69) is 33.2 Å². The number of carbonyl (C=O) groups is 2. The van der Waals surface area contributed by atoms with Gasteiger partial charge in [0.2, 0.25) is 0 Å². The van der Waals surface area contributed by atoms with Crippen molar-refractivity contribution in [3.63, 3.8) is 0 Å². The van der Waals surface area contributed by atoms with Crippen LogP contribution in [0.1, 0.15) is 20.7 Å². The molecule has 0 fully saturated rings. The van der Waals surface area contributed by atoms with E-state index in [0.29, 0.717) is 28.3 Å². The summed E-state index contributed by atoms with van der Waals surface area (Å²) in [4.78, 5) is 25.2. The number of halogens is 1. The maximum absolute atomic E-state index is 12.6. The first-order valence-electron chi connectivity index (χ1n) is 8.19. The first kappa shape index (κ1) is 18.9. The molecule has 0 heterocycles.